The van der Waals surface area contributed by atoms with Gasteiger partial charge in [0.05, 0.1) is 0 Å². The van der Waals surface area contributed by atoms with Crippen LogP contribution in [0.4, 0.5) is 0 Å². The molecule has 1 saturated carbocycles. The number of nitrogens with zero attached hydrogens (tertiary/aromatic N) is 1. The zero-order valence-electron chi connectivity index (χ0n) is 9.21. The van der Waals surface area contributed by atoms with Crippen LogP contribution in [0.25, 0.3) is 11.1 Å². The van der Waals surface area contributed by atoms with E-state index in [1.54, 1.807) is 0 Å². The van der Waals surface area contributed by atoms with Gasteiger partial charge in [-0.1, -0.05) is 30.2 Å². The second-order valence-corrected chi connectivity index (χ2v) is 5.90. The van der Waals surface area contributed by atoms with Crippen LogP contribution >= 0.6 is 34.2 Å². The van der Waals surface area contributed by atoms with Gasteiger partial charge < -0.3 is 0 Å². The van der Waals surface area contributed by atoms with E-state index < -0.39 is 0 Å². The molecule has 17 heavy (non-hydrogen) atoms. The van der Waals surface area contributed by atoms with E-state index in [1.807, 2.05) is 12.1 Å². The van der Waals surface area contributed by atoms with Crippen molar-refractivity contribution in [2.45, 2.75) is 25.2 Å². The van der Waals surface area contributed by atoms with E-state index in [-0.39, 0.29) is 0 Å². The molecule has 0 spiro atoms. The second-order valence-electron chi connectivity index (χ2n) is 4.44. The predicted octanol–water partition coefficient (Wildman–Crippen LogP) is 4.60. The molecule has 3 rings (SSSR count). The van der Waals surface area contributed by atoms with Crippen molar-refractivity contribution in [3.05, 3.63) is 38.7 Å². The van der Waals surface area contributed by atoms with Crippen molar-refractivity contribution >= 4 is 34.2 Å². The summed E-state index contributed by atoms with van der Waals surface area (Å²) in [6, 6.07) is 8.00. The molecular formula is C13H12ClIN2. The summed E-state index contributed by atoms with van der Waals surface area (Å²) in [6.45, 7) is 0. The highest BCUT2D eigenvalue weighted by Gasteiger charge is 2.26. The van der Waals surface area contributed by atoms with Gasteiger partial charge >= 0.3 is 0 Å². The van der Waals surface area contributed by atoms with Crippen molar-refractivity contribution in [2.75, 3.05) is 0 Å². The number of aromatic nitrogens is 2. The first-order valence-electron chi connectivity index (χ1n) is 5.75. The molecule has 2 nitrogen and oxygen atoms in total. The number of halogens is 2. The molecule has 0 atom stereocenters. The highest BCUT2D eigenvalue weighted by molar-refractivity contribution is 14.1. The zero-order chi connectivity index (χ0) is 11.8. The van der Waals surface area contributed by atoms with Gasteiger partial charge in [-0.25, -0.2) is 0 Å². The lowest BCUT2D eigenvalue weighted by atomic mass is 9.81. The maximum atomic E-state index is 5.93. The van der Waals surface area contributed by atoms with E-state index in [1.165, 1.54) is 36.1 Å². The van der Waals surface area contributed by atoms with Crippen LogP contribution in [-0.2, 0) is 0 Å². The van der Waals surface area contributed by atoms with Crippen LogP contribution in [0.5, 0.6) is 0 Å². The molecule has 0 radical (unpaired) electrons. The number of aromatic amines is 1. The summed E-state index contributed by atoms with van der Waals surface area (Å²) in [6.07, 6.45) is 3.89. The molecule has 1 fully saturated rings. The molecule has 1 aromatic carbocycles. The first-order valence-corrected chi connectivity index (χ1v) is 7.21. The van der Waals surface area contributed by atoms with Gasteiger partial charge in [0.25, 0.3) is 0 Å². The van der Waals surface area contributed by atoms with E-state index in [9.17, 15) is 0 Å². The van der Waals surface area contributed by atoms with E-state index in [0.717, 1.165) is 8.72 Å². The molecule has 0 saturated heterocycles. The summed E-state index contributed by atoms with van der Waals surface area (Å²) in [5.41, 5.74) is 3.75. The molecule has 0 unspecified atom stereocenters. The van der Waals surface area contributed by atoms with Gasteiger partial charge in [-0.15, -0.1) is 0 Å². The summed E-state index contributed by atoms with van der Waals surface area (Å²) in [7, 11) is 0. The van der Waals surface area contributed by atoms with Gasteiger partial charge in [0, 0.05) is 22.2 Å². The summed E-state index contributed by atoms with van der Waals surface area (Å²) in [5, 5.41) is 8.32. The molecule has 0 aliphatic heterocycles. The van der Waals surface area contributed by atoms with Gasteiger partial charge in [-0.2, -0.15) is 5.10 Å². The fraction of sp³-hybridized carbons (Fsp3) is 0.308. The van der Waals surface area contributed by atoms with Crippen LogP contribution in [0.2, 0.25) is 5.02 Å². The lowest BCUT2D eigenvalue weighted by Gasteiger charge is -2.25. The molecule has 4 heteroatoms. The van der Waals surface area contributed by atoms with Crippen molar-refractivity contribution in [1.29, 1.82) is 0 Å². The summed E-state index contributed by atoms with van der Waals surface area (Å²) in [4.78, 5) is 0. The Morgan fingerprint density at radius 3 is 2.53 bits per heavy atom. The molecule has 0 bridgehead atoms. The second kappa shape index (κ2) is 4.61. The number of hydrogen-bond acceptors (Lipinski definition) is 1. The predicted molar refractivity (Wildman–Crippen MR) is 78.3 cm³/mol. The SMILES string of the molecule is Clc1ccc(-c2c(I)n[nH]c2C2CCC2)cc1. The van der Waals surface area contributed by atoms with Crippen LogP contribution < -0.4 is 0 Å². The monoisotopic (exact) mass is 358 g/mol. The summed E-state index contributed by atoms with van der Waals surface area (Å²) >= 11 is 8.22. The third-order valence-electron chi connectivity index (χ3n) is 3.40. The van der Waals surface area contributed by atoms with Crippen LogP contribution in [-0.4, -0.2) is 10.2 Å². The van der Waals surface area contributed by atoms with Crippen LogP contribution in [0.1, 0.15) is 30.9 Å². The first kappa shape index (κ1) is 11.5. The molecule has 1 aliphatic rings. The lowest BCUT2D eigenvalue weighted by molar-refractivity contribution is 0.411. The van der Waals surface area contributed by atoms with Crippen molar-refractivity contribution in [1.82, 2.24) is 10.2 Å². The lowest BCUT2D eigenvalue weighted by Crippen LogP contribution is -2.10. The Labute approximate surface area is 119 Å². The third kappa shape index (κ3) is 2.10. The Morgan fingerprint density at radius 2 is 1.94 bits per heavy atom. The van der Waals surface area contributed by atoms with E-state index >= 15 is 0 Å². The largest absolute Gasteiger partial charge is 0.281 e. The Morgan fingerprint density at radius 1 is 1.24 bits per heavy atom. The Balaban J connectivity index is 2.06. The van der Waals surface area contributed by atoms with E-state index in [0.29, 0.717) is 5.92 Å². The standard InChI is InChI=1S/C13H12ClIN2/c14-10-6-4-8(5-7-10)11-12(9-2-1-3-9)16-17-13(11)15/h4-7,9H,1-3H2,(H,16,17). The molecule has 1 aromatic heterocycles. The quantitative estimate of drug-likeness (QED) is 0.781. The van der Waals surface area contributed by atoms with Crippen molar-refractivity contribution in [3.63, 3.8) is 0 Å². The normalized spacial score (nSPS) is 15.9. The number of benzene rings is 1. The summed E-state index contributed by atoms with van der Waals surface area (Å²) in [5.74, 6) is 0.664. The average Bonchev–Trinajstić information content (AvgIpc) is 2.60. The van der Waals surface area contributed by atoms with Crippen molar-refractivity contribution in [3.8, 4) is 11.1 Å². The van der Waals surface area contributed by atoms with Crippen molar-refractivity contribution < 1.29 is 0 Å². The zero-order valence-corrected chi connectivity index (χ0v) is 12.1. The number of nitrogens with one attached hydrogen (secondary N) is 1. The van der Waals surface area contributed by atoms with Gasteiger partial charge in [0.15, 0.2) is 0 Å². The fourth-order valence-electron chi connectivity index (χ4n) is 2.22. The van der Waals surface area contributed by atoms with E-state index in [2.05, 4.69) is 44.9 Å². The third-order valence-corrected chi connectivity index (χ3v) is 4.43. The minimum atomic E-state index is 0.664. The fourth-order valence-corrected chi connectivity index (χ4v) is 3.06. The van der Waals surface area contributed by atoms with Crippen molar-refractivity contribution in [2.24, 2.45) is 0 Å². The number of H-pyrrole nitrogens is 1. The van der Waals surface area contributed by atoms with Gasteiger partial charge in [-0.3, -0.25) is 5.10 Å². The molecule has 88 valence electrons. The molecule has 1 heterocycles. The van der Waals surface area contributed by atoms with Gasteiger partial charge in [0.1, 0.15) is 3.70 Å². The minimum absolute atomic E-state index is 0.664. The highest BCUT2D eigenvalue weighted by Crippen LogP contribution is 2.41. The van der Waals surface area contributed by atoms with Crippen LogP contribution in [0.3, 0.4) is 0 Å². The Kier molecular flexibility index (Phi) is 3.13. The maximum absolute atomic E-state index is 5.93. The van der Waals surface area contributed by atoms with Gasteiger partial charge in [-0.05, 0) is 53.1 Å². The number of rotatable bonds is 2. The van der Waals surface area contributed by atoms with E-state index in [4.69, 9.17) is 11.6 Å². The number of hydrogen-bond donors (Lipinski definition) is 1. The molecule has 2 aromatic rings. The molecule has 1 N–H and O–H groups in total. The first-order chi connectivity index (χ1) is 8.25. The average molecular weight is 359 g/mol. The molecular weight excluding hydrogens is 347 g/mol. The van der Waals surface area contributed by atoms with Gasteiger partial charge in [0.2, 0.25) is 0 Å². The molecule has 1 aliphatic carbocycles. The summed E-state index contributed by atoms with van der Waals surface area (Å²) < 4.78 is 1.05. The Hall–Kier alpha value is -0.550. The van der Waals surface area contributed by atoms with Crippen LogP contribution in [0, 0.1) is 3.70 Å². The smallest absolute Gasteiger partial charge is 0.131 e. The Bertz CT molecular complexity index is 529. The topological polar surface area (TPSA) is 28.7 Å². The maximum Gasteiger partial charge on any atom is 0.131 e. The highest BCUT2D eigenvalue weighted by atomic mass is 127. The molecule has 0 amide bonds. The van der Waals surface area contributed by atoms with Crippen LogP contribution in [0.15, 0.2) is 24.3 Å². The minimum Gasteiger partial charge on any atom is -0.281 e.